The van der Waals surface area contributed by atoms with Gasteiger partial charge in [0, 0.05) is 39.3 Å². The molecule has 0 aromatic heterocycles. The molecule has 0 heterocycles. The second-order valence-electron chi connectivity index (χ2n) is 3.91. The molecule has 0 saturated carbocycles. The van der Waals surface area contributed by atoms with Gasteiger partial charge in [0.25, 0.3) is 0 Å². The summed E-state index contributed by atoms with van der Waals surface area (Å²) in [5.74, 6) is -6.12. The number of carbonyl (C=O) groups excluding carboxylic acids is 4. The van der Waals surface area contributed by atoms with Gasteiger partial charge in [0.1, 0.15) is 0 Å². The largest absolute Gasteiger partial charge is 2.00 e. The van der Waals surface area contributed by atoms with Crippen molar-refractivity contribution >= 4 is 23.9 Å². The second-order valence-corrected chi connectivity index (χ2v) is 3.91. The van der Waals surface area contributed by atoms with E-state index < -0.39 is 50.1 Å². The molecule has 10 nitrogen and oxygen atoms in total. The third-order valence-electron chi connectivity index (χ3n) is 2.14. The summed E-state index contributed by atoms with van der Waals surface area (Å²) in [6.07, 6.45) is 0. The molecule has 23 heavy (non-hydrogen) atoms. The monoisotopic (exact) mass is 448 g/mol. The van der Waals surface area contributed by atoms with Crippen molar-refractivity contribution in [3.05, 3.63) is 0 Å². The summed E-state index contributed by atoms with van der Waals surface area (Å²) in [6, 6.07) is 0. The fraction of sp³-hybridized carbons (Fsp3) is 0.600. The molecule has 114 valence electrons. The van der Waals surface area contributed by atoms with Crippen LogP contribution in [0.25, 0.3) is 0 Å². The Kier molecular flexibility index (Phi) is 24.0. The maximum Gasteiger partial charge on any atom is 2.00 e. The van der Waals surface area contributed by atoms with Gasteiger partial charge in [0.05, 0.1) is 23.9 Å². The maximum absolute atomic E-state index is 10.4. The van der Waals surface area contributed by atoms with Gasteiger partial charge in [-0.2, -0.15) is 0 Å². The topological polar surface area (TPSA) is 167 Å². The molecule has 0 saturated heterocycles. The van der Waals surface area contributed by atoms with E-state index in [1.165, 1.54) is 0 Å². The Balaban J connectivity index is -0.000000602. The minimum absolute atomic E-state index is 0. The van der Waals surface area contributed by atoms with Crippen LogP contribution in [0.3, 0.4) is 0 Å². The molecule has 0 N–H and O–H groups in total. The first kappa shape index (κ1) is 31.5. The first-order valence-electron chi connectivity index (χ1n) is 5.44. The Labute approximate surface area is 196 Å². The summed E-state index contributed by atoms with van der Waals surface area (Å²) >= 11 is 0. The van der Waals surface area contributed by atoms with Gasteiger partial charge >= 0.3 is 86.4 Å². The van der Waals surface area contributed by atoms with Gasteiger partial charge in [-0.1, -0.05) is 0 Å². The average Bonchev–Trinajstić information content (AvgIpc) is 2.22. The second kappa shape index (κ2) is 17.5. The van der Waals surface area contributed by atoms with Crippen LogP contribution in [0.1, 0.15) is 0 Å². The standard InChI is InChI=1S/C10H16N2O8.Cd.2Na/c13-7(14)3-11(4-8(15)16)1-2-12(5-9(17)18)6-10(19)20;;;/h1-6H2,(H,13,14)(H,15,16)(H,17,18)(H,19,20);;;/q;+2;2*+1/p-4. The average molecular weight is 447 g/mol. The number of carbonyl (C=O) groups is 4. The number of nitrogens with zero attached hydrogens (tertiary/aromatic N) is 2. The predicted octanol–water partition coefficient (Wildman–Crippen LogP) is -13.4. The predicted molar refractivity (Wildman–Crippen MR) is 52.9 cm³/mol. The molecule has 0 aliphatic carbocycles. The van der Waals surface area contributed by atoms with Crippen molar-refractivity contribution in [2.24, 2.45) is 0 Å². The summed E-state index contributed by atoms with van der Waals surface area (Å²) in [5, 5.41) is 41.6. The van der Waals surface area contributed by atoms with Crippen LogP contribution < -0.4 is 79.5 Å². The molecule has 0 fully saturated rings. The molecule has 13 heteroatoms. The molecular formula is C10H12CdN2Na2O8. The minimum Gasteiger partial charge on any atom is -0.549 e. The van der Waals surface area contributed by atoms with E-state index in [0.29, 0.717) is 0 Å². The molecule has 0 atom stereocenters. The SMILES string of the molecule is O=C([O-])CN(CCN(CC(=O)[O-])CC(=O)[O-])CC(=O)[O-].[Cd+2].[Na+].[Na+]. The van der Waals surface area contributed by atoms with Gasteiger partial charge in [0.15, 0.2) is 0 Å². The zero-order chi connectivity index (χ0) is 15.7. The molecule has 0 rings (SSSR count). The van der Waals surface area contributed by atoms with Crippen LogP contribution >= 0.6 is 0 Å². The Morgan fingerprint density at radius 2 is 0.739 bits per heavy atom. The Bertz CT molecular complexity index is 331. The molecule has 0 aliphatic heterocycles. The van der Waals surface area contributed by atoms with E-state index in [9.17, 15) is 39.6 Å². The van der Waals surface area contributed by atoms with Crippen molar-refractivity contribution in [1.82, 2.24) is 9.80 Å². The quantitative estimate of drug-likeness (QED) is 0.278. The van der Waals surface area contributed by atoms with E-state index in [0.717, 1.165) is 9.80 Å². The Morgan fingerprint density at radius 3 is 0.870 bits per heavy atom. The third-order valence-corrected chi connectivity index (χ3v) is 2.14. The number of carboxylic acids is 4. The van der Waals surface area contributed by atoms with Crippen molar-refractivity contribution in [1.29, 1.82) is 0 Å². The molecule has 0 bridgehead atoms. The first-order valence-corrected chi connectivity index (χ1v) is 5.44. The zero-order valence-electron chi connectivity index (χ0n) is 13.1. The van der Waals surface area contributed by atoms with Gasteiger partial charge in [-0.05, 0) is 0 Å². The number of rotatable bonds is 11. The fourth-order valence-electron chi connectivity index (χ4n) is 1.44. The van der Waals surface area contributed by atoms with E-state index in [4.69, 9.17) is 0 Å². The van der Waals surface area contributed by atoms with Crippen LogP contribution in [0, 0.1) is 0 Å². The van der Waals surface area contributed by atoms with Gasteiger partial charge in [-0.3, -0.25) is 9.80 Å². The van der Waals surface area contributed by atoms with Crippen molar-refractivity contribution in [2.45, 2.75) is 0 Å². The molecule has 0 radical (unpaired) electrons. The van der Waals surface area contributed by atoms with Crippen molar-refractivity contribution < 1.29 is 126 Å². The zero-order valence-corrected chi connectivity index (χ0v) is 21.1. The van der Waals surface area contributed by atoms with Gasteiger partial charge in [-0.15, -0.1) is 0 Å². The number of aliphatic carboxylic acids is 4. The number of carboxylic acid groups (broad SMARTS) is 4. The van der Waals surface area contributed by atoms with Crippen molar-refractivity contribution in [3.8, 4) is 0 Å². The number of hydrogen-bond acceptors (Lipinski definition) is 10. The third kappa shape index (κ3) is 20.7. The minimum atomic E-state index is -1.53. The normalized spacial score (nSPS) is 9.30. The summed E-state index contributed by atoms with van der Waals surface area (Å²) < 4.78 is 0. The van der Waals surface area contributed by atoms with Crippen LogP contribution in [-0.4, -0.2) is 72.9 Å². The van der Waals surface area contributed by atoms with Gasteiger partial charge < -0.3 is 39.6 Å². The van der Waals surface area contributed by atoms with Gasteiger partial charge in [0.2, 0.25) is 0 Å². The van der Waals surface area contributed by atoms with Crippen molar-refractivity contribution in [2.75, 3.05) is 39.3 Å². The molecule has 0 aromatic rings. The van der Waals surface area contributed by atoms with Crippen LogP contribution in [0.2, 0.25) is 0 Å². The summed E-state index contributed by atoms with van der Waals surface area (Å²) in [6.45, 7) is -3.25. The Morgan fingerprint density at radius 1 is 0.565 bits per heavy atom. The molecule has 0 spiro atoms. The van der Waals surface area contributed by atoms with Crippen LogP contribution in [0.15, 0.2) is 0 Å². The fourth-order valence-corrected chi connectivity index (χ4v) is 1.44. The first-order chi connectivity index (χ1) is 9.20. The van der Waals surface area contributed by atoms with Crippen LogP contribution in [0.4, 0.5) is 0 Å². The summed E-state index contributed by atoms with van der Waals surface area (Å²) in [7, 11) is 0. The van der Waals surface area contributed by atoms with Crippen LogP contribution in [-0.2, 0) is 46.5 Å². The molecule has 0 amide bonds. The van der Waals surface area contributed by atoms with Crippen molar-refractivity contribution in [3.63, 3.8) is 0 Å². The molecule has 0 unspecified atom stereocenters. The summed E-state index contributed by atoms with van der Waals surface area (Å²) in [5.41, 5.74) is 0. The molecular weight excluding hydrogens is 435 g/mol. The van der Waals surface area contributed by atoms with E-state index in [2.05, 4.69) is 0 Å². The smallest absolute Gasteiger partial charge is 0.549 e. The maximum atomic E-state index is 10.4. The van der Waals surface area contributed by atoms with E-state index in [1.54, 1.807) is 0 Å². The number of hydrogen-bond donors (Lipinski definition) is 0. The Hall–Kier alpha value is 0.722. The van der Waals surface area contributed by atoms with E-state index in [-0.39, 0.29) is 99.5 Å². The molecule has 0 aliphatic rings. The van der Waals surface area contributed by atoms with E-state index >= 15 is 0 Å². The van der Waals surface area contributed by atoms with Crippen LogP contribution in [0.5, 0.6) is 0 Å². The van der Waals surface area contributed by atoms with Gasteiger partial charge in [-0.25, -0.2) is 0 Å². The van der Waals surface area contributed by atoms with E-state index in [1.807, 2.05) is 0 Å². The molecule has 0 aromatic carbocycles. The summed E-state index contributed by atoms with van der Waals surface area (Å²) in [4.78, 5) is 43.4.